The molecule has 0 fully saturated rings. The third kappa shape index (κ3) is 55.1. The van der Waals surface area contributed by atoms with Crippen molar-refractivity contribution in [3.05, 3.63) is 194 Å². The molecular formula is C65H94O6. The number of ether oxygens (including phenoxy) is 3. The second-order valence-electron chi connectivity index (χ2n) is 16.6. The van der Waals surface area contributed by atoms with Crippen LogP contribution in [-0.4, -0.2) is 37.2 Å². The van der Waals surface area contributed by atoms with E-state index in [1.807, 2.05) is 24.3 Å². The van der Waals surface area contributed by atoms with Crippen LogP contribution in [0.25, 0.3) is 0 Å². The molecule has 0 unspecified atom stereocenters. The number of esters is 3. The van der Waals surface area contributed by atoms with Crippen molar-refractivity contribution in [1.29, 1.82) is 0 Å². The van der Waals surface area contributed by atoms with Crippen molar-refractivity contribution >= 4 is 17.9 Å². The van der Waals surface area contributed by atoms with E-state index in [1.54, 1.807) is 0 Å². The number of carbonyl (C=O) groups is 3. The molecule has 0 aliphatic carbocycles. The lowest BCUT2D eigenvalue weighted by Gasteiger charge is -2.18. The van der Waals surface area contributed by atoms with E-state index in [2.05, 4.69) is 191 Å². The zero-order chi connectivity index (χ0) is 51.4. The van der Waals surface area contributed by atoms with Gasteiger partial charge in [-0.3, -0.25) is 14.4 Å². The molecule has 0 aromatic heterocycles. The third-order valence-corrected chi connectivity index (χ3v) is 10.1. The van der Waals surface area contributed by atoms with Crippen molar-refractivity contribution in [2.24, 2.45) is 0 Å². The summed E-state index contributed by atoms with van der Waals surface area (Å²) in [6.07, 6.45) is 87.3. The van der Waals surface area contributed by atoms with Crippen molar-refractivity contribution < 1.29 is 28.6 Å². The molecule has 0 spiro atoms. The molecule has 0 bridgehead atoms. The standard InChI is InChI=1S/C65H94O6/c1-4-7-10-13-16-19-22-25-28-30-32-34-37-39-42-45-48-51-54-57-63(66)69-60-62(71-65(68)59-56-53-50-47-44-41-36-27-24-21-18-15-12-9-6-3)61-70-64(67)58-55-52-49-46-43-40-38-35-33-31-29-26-23-20-17-14-11-8-5-2/h7-12,16-21,25-29,32-36,39-40,42-44,47-49,51-52,62H,4-6,13-15,22-24,30-31,37-38,41,45-46,50,53-61H2,1-3H3/b10-7-,11-8-,12-9-,19-16-,20-17-,21-18-,28-25-,29-26-,34-32-,35-33-,36-27-,42-39-,43-40-,47-44-,51-48-,52-49-. The van der Waals surface area contributed by atoms with Crippen molar-refractivity contribution in [2.45, 2.75) is 181 Å². The zero-order valence-electron chi connectivity index (χ0n) is 44.4. The summed E-state index contributed by atoms with van der Waals surface area (Å²) in [6, 6.07) is 0. The average Bonchev–Trinajstić information content (AvgIpc) is 3.37. The van der Waals surface area contributed by atoms with E-state index in [0.717, 1.165) is 116 Å². The largest absolute Gasteiger partial charge is 0.462 e. The number of hydrogen-bond acceptors (Lipinski definition) is 6. The lowest BCUT2D eigenvalue weighted by molar-refractivity contribution is -0.166. The van der Waals surface area contributed by atoms with Gasteiger partial charge in [0.1, 0.15) is 13.2 Å². The molecule has 0 saturated carbocycles. The summed E-state index contributed by atoms with van der Waals surface area (Å²) in [4.78, 5) is 38.0. The molecule has 0 N–H and O–H groups in total. The summed E-state index contributed by atoms with van der Waals surface area (Å²) in [5, 5.41) is 0. The highest BCUT2D eigenvalue weighted by molar-refractivity contribution is 5.71. The predicted molar refractivity (Wildman–Crippen MR) is 306 cm³/mol. The Labute approximate surface area is 433 Å². The molecule has 0 aromatic carbocycles. The average molecular weight is 971 g/mol. The molecule has 0 aliphatic rings. The molecule has 390 valence electrons. The van der Waals surface area contributed by atoms with Gasteiger partial charge in [0, 0.05) is 19.3 Å². The normalized spacial score (nSPS) is 13.3. The molecule has 0 amide bonds. The van der Waals surface area contributed by atoms with Gasteiger partial charge >= 0.3 is 17.9 Å². The van der Waals surface area contributed by atoms with Gasteiger partial charge in [0.15, 0.2) is 6.10 Å². The van der Waals surface area contributed by atoms with Crippen LogP contribution in [0.5, 0.6) is 0 Å². The minimum atomic E-state index is -0.874. The van der Waals surface area contributed by atoms with Crippen LogP contribution in [0, 0.1) is 0 Å². The lowest BCUT2D eigenvalue weighted by Crippen LogP contribution is -2.30. The van der Waals surface area contributed by atoms with Crippen LogP contribution in [0.3, 0.4) is 0 Å². The van der Waals surface area contributed by atoms with Crippen molar-refractivity contribution in [3.8, 4) is 0 Å². The van der Waals surface area contributed by atoms with Crippen LogP contribution in [0.15, 0.2) is 194 Å². The van der Waals surface area contributed by atoms with Crippen LogP contribution in [0.4, 0.5) is 0 Å². The van der Waals surface area contributed by atoms with Crippen molar-refractivity contribution in [1.82, 2.24) is 0 Å². The van der Waals surface area contributed by atoms with E-state index >= 15 is 0 Å². The second-order valence-corrected chi connectivity index (χ2v) is 16.6. The van der Waals surface area contributed by atoms with Gasteiger partial charge in [-0.05, 0) is 135 Å². The molecule has 0 saturated heterocycles. The van der Waals surface area contributed by atoms with Gasteiger partial charge in [-0.1, -0.05) is 215 Å². The van der Waals surface area contributed by atoms with Crippen LogP contribution in [0.1, 0.15) is 175 Å². The maximum absolute atomic E-state index is 12.8. The lowest BCUT2D eigenvalue weighted by atomic mass is 10.2. The first kappa shape index (κ1) is 65.2. The predicted octanol–water partition coefficient (Wildman–Crippen LogP) is 18.3. The van der Waals surface area contributed by atoms with Crippen LogP contribution in [-0.2, 0) is 28.6 Å². The molecule has 0 rings (SSSR count). The Kier molecular flexibility index (Phi) is 52.2. The highest BCUT2D eigenvalue weighted by Gasteiger charge is 2.19. The van der Waals surface area contributed by atoms with Crippen LogP contribution < -0.4 is 0 Å². The monoisotopic (exact) mass is 971 g/mol. The number of carbonyl (C=O) groups excluding carboxylic acids is 3. The summed E-state index contributed by atoms with van der Waals surface area (Å²) < 4.78 is 16.6. The zero-order valence-corrected chi connectivity index (χ0v) is 44.4. The summed E-state index contributed by atoms with van der Waals surface area (Å²) in [5.74, 6) is -1.19. The maximum atomic E-state index is 12.8. The van der Waals surface area contributed by atoms with Gasteiger partial charge < -0.3 is 14.2 Å². The first-order valence-electron chi connectivity index (χ1n) is 26.9. The Morgan fingerprint density at radius 1 is 0.282 bits per heavy atom. The van der Waals surface area contributed by atoms with E-state index in [4.69, 9.17) is 14.2 Å². The summed E-state index contributed by atoms with van der Waals surface area (Å²) in [7, 11) is 0. The van der Waals surface area contributed by atoms with Crippen LogP contribution in [0.2, 0.25) is 0 Å². The molecule has 71 heavy (non-hydrogen) atoms. The van der Waals surface area contributed by atoms with Gasteiger partial charge in [-0.15, -0.1) is 0 Å². The first-order chi connectivity index (χ1) is 35.0. The highest BCUT2D eigenvalue weighted by Crippen LogP contribution is 2.09. The number of unbranched alkanes of at least 4 members (excludes halogenated alkanes) is 2. The van der Waals surface area contributed by atoms with E-state index in [9.17, 15) is 14.4 Å². The van der Waals surface area contributed by atoms with Gasteiger partial charge in [0.05, 0.1) is 0 Å². The van der Waals surface area contributed by atoms with Crippen molar-refractivity contribution in [3.63, 3.8) is 0 Å². The summed E-state index contributed by atoms with van der Waals surface area (Å²) in [6.45, 7) is 6.09. The highest BCUT2D eigenvalue weighted by atomic mass is 16.6. The Bertz CT molecular complexity index is 1690. The molecule has 6 nitrogen and oxygen atoms in total. The molecule has 6 heteroatoms. The van der Waals surface area contributed by atoms with E-state index < -0.39 is 24.0 Å². The second kappa shape index (κ2) is 56.8. The fourth-order valence-corrected chi connectivity index (χ4v) is 6.19. The SMILES string of the molecule is CC/C=C\C/C=C\C/C=C\C/C=C\C/C=C\C/C=C\CCC(=O)OCC(COC(=O)CC/C=C\C/C=C\C/C=C\C/C=C\C/C=C\C/C=C\CC)OC(=O)CCCC/C=C\C/C=C\C/C=C\C/C=C\CC. The molecule has 0 atom stereocenters. The van der Waals surface area contributed by atoms with Gasteiger partial charge in [-0.2, -0.15) is 0 Å². The Morgan fingerprint density at radius 2 is 0.521 bits per heavy atom. The van der Waals surface area contributed by atoms with E-state index in [0.29, 0.717) is 19.3 Å². The topological polar surface area (TPSA) is 78.9 Å². The fourth-order valence-electron chi connectivity index (χ4n) is 6.19. The summed E-state index contributed by atoms with van der Waals surface area (Å²) in [5.41, 5.74) is 0. The van der Waals surface area contributed by atoms with Gasteiger partial charge in [-0.25, -0.2) is 0 Å². The summed E-state index contributed by atoms with van der Waals surface area (Å²) >= 11 is 0. The quantitative estimate of drug-likeness (QED) is 0.0262. The van der Waals surface area contributed by atoms with Crippen molar-refractivity contribution in [2.75, 3.05) is 13.2 Å². The number of allylic oxidation sites excluding steroid dienone is 32. The maximum Gasteiger partial charge on any atom is 0.306 e. The molecule has 0 heterocycles. The third-order valence-electron chi connectivity index (χ3n) is 10.1. The Hall–Kier alpha value is -5.75. The molecule has 0 radical (unpaired) electrons. The molecule has 0 aliphatic heterocycles. The Balaban J connectivity index is 4.72. The number of hydrogen-bond donors (Lipinski definition) is 0. The Morgan fingerprint density at radius 3 is 0.789 bits per heavy atom. The van der Waals surface area contributed by atoms with E-state index in [-0.39, 0.29) is 32.5 Å². The molecular weight excluding hydrogens is 877 g/mol. The van der Waals surface area contributed by atoms with Gasteiger partial charge in [0.2, 0.25) is 0 Å². The van der Waals surface area contributed by atoms with Gasteiger partial charge in [0.25, 0.3) is 0 Å². The fraction of sp³-hybridized carbons (Fsp3) is 0.462. The van der Waals surface area contributed by atoms with E-state index in [1.165, 1.54) is 0 Å². The minimum Gasteiger partial charge on any atom is -0.462 e. The number of rotatable bonds is 45. The molecule has 0 aromatic rings. The van der Waals surface area contributed by atoms with Crippen LogP contribution >= 0.6 is 0 Å². The first-order valence-corrected chi connectivity index (χ1v) is 26.9. The minimum absolute atomic E-state index is 0.170. The smallest absolute Gasteiger partial charge is 0.306 e.